The van der Waals surface area contributed by atoms with Gasteiger partial charge in [-0.25, -0.2) is 13.8 Å². The van der Waals surface area contributed by atoms with Crippen molar-refractivity contribution < 1.29 is 13.6 Å². The number of halogens is 2. The summed E-state index contributed by atoms with van der Waals surface area (Å²) >= 11 is 1.31. The quantitative estimate of drug-likeness (QED) is 0.462. The molecule has 138 valence electrons. The van der Waals surface area contributed by atoms with Gasteiger partial charge >= 0.3 is 0 Å². The molecule has 0 spiro atoms. The number of benzene rings is 3. The lowest BCUT2D eigenvalue weighted by Gasteiger charge is -2.02. The number of carbonyl (C=O) groups is 1. The minimum Gasteiger partial charge on any atom is -0.298 e. The van der Waals surface area contributed by atoms with Gasteiger partial charge in [-0.1, -0.05) is 47.7 Å². The third kappa shape index (κ3) is 3.82. The zero-order valence-electron chi connectivity index (χ0n) is 14.5. The summed E-state index contributed by atoms with van der Waals surface area (Å²) in [6, 6.07) is 21.1. The van der Waals surface area contributed by atoms with Crippen molar-refractivity contribution in [3.8, 4) is 21.7 Å². The standard InChI is InChI=1S/C22H14F2N2OS/c23-17-11-9-14(10-12-17)19-20(15-5-2-1-3-6-15)28-22(25-19)26-21(27)16-7-4-8-18(24)13-16/h1-13H,(H,25,26,27). The Kier molecular flexibility index (Phi) is 4.95. The van der Waals surface area contributed by atoms with Crippen LogP contribution in [0.1, 0.15) is 10.4 Å². The van der Waals surface area contributed by atoms with Crippen LogP contribution in [0.15, 0.2) is 78.9 Å². The molecule has 0 aliphatic heterocycles. The molecule has 4 rings (SSSR count). The van der Waals surface area contributed by atoms with Crippen molar-refractivity contribution in [1.82, 2.24) is 4.98 Å². The van der Waals surface area contributed by atoms with Crippen LogP contribution in [0.3, 0.4) is 0 Å². The molecule has 1 heterocycles. The van der Waals surface area contributed by atoms with E-state index in [1.165, 1.54) is 47.7 Å². The van der Waals surface area contributed by atoms with Gasteiger partial charge in [0.25, 0.3) is 5.91 Å². The molecule has 3 nitrogen and oxygen atoms in total. The molecule has 0 saturated carbocycles. The van der Waals surface area contributed by atoms with Gasteiger partial charge in [-0.05, 0) is 48.0 Å². The molecule has 0 fully saturated rings. The van der Waals surface area contributed by atoms with E-state index in [0.29, 0.717) is 10.8 Å². The molecule has 1 N–H and O–H groups in total. The fraction of sp³-hybridized carbons (Fsp3) is 0. The highest BCUT2D eigenvalue weighted by Gasteiger charge is 2.17. The number of carbonyl (C=O) groups excluding carboxylic acids is 1. The lowest BCUT2D eigenvalue weighted by Crippen LogP contribution is -2.11. The molecule has 3 aromatic carbocycles. The van der Waals surface area contributed by atoms with Crippen molar-refractivity contribution in [2.45, 2.75) is 0 Å². The summed E-state index contributed by atoms with van der Waals surface area (Å²) in [5.41, 5.74) is 2.53. The monoisotopic (exact) mass is 392 g/mol. The summed E-state index contributed by atoms with van der Waals surface area (Å²) in [6.07, 6.45) is 0. The van der Waals surface area contributed by atoms with Crippen LogP contribution >= 0.6 is 11.3 Å². The van der Waals surface area contributed by atoms with Gasteiger partial charge in [0, 0.05) is 11.1 Å². The molecule has 28 heavy (non-hydrogen) atoms. The van der Waals surface area contributed by atoms with Crippen LogP contribution in [0.2, 0.25) is 0 Å². The molecule has 0 radical (unpaired) electrons. The first-order valence-corrected chi connectivity index (χ1v) is 9.31. The minimum absolute atomic E-state index is 0.208. The molecule has 0 saturated heterocycles. The summed E-state index contributed by atoms with van der Waals surface area (Å²) in [4.78, 5) is 17.8. The van der Waals surface area contributed by atoms with Gasteiger partial charge in [0.1, 0.15) is 11.6 Å². The molecular formula is C22H14F2N2OS. The van der Waals surface area contributed by atoms with Crippen LogP contribution in [0, 0.1) is 11.6 Å². The Hall–Kier alpha value is -3.38. The van der Waals surface area contributed by atoms with Crippen LogP contribution < -0.4 is 5.32 Å². The Labute approximate surface area is 164 Å². The third-order valence-corrected chi connectivity index (χ3v) is 5.11. The van der Waals surface area contributed by atoms with E-state index in [1.54, 1.807) is 12.1 Å². The van der Waals surface area contributed by atoms with Gasteiger partial charge in [0.05, 0.1) is 10.6 Å². The van der Waals surface area contributed by atoms with E-state index in [9.17, 15) is 13.6 Å². The average Bonchev–Trinajstić information content (AvgIpc) is 3.13. The summed E-state index contributed by atoms with van der Waals surface area (Å²) < 4.78 is 26.7. The number of aromatic nitrogens is 1. The van der Waals surface area contributed by atoms with E-state index in [0.717, 1.165) is 16.0 Å². The number of nitrogens with one attached hydrogen (secondary N) is 1. The van der Waals surface area contributed by atoms with Crippen molar-refractivity contribution in [2.75, 3.05) is 5.32 Å². The van der Waals surface area contributed by atoms with E-state index >= 15 is 0 Å². The number of amides is 1. The first-order valence-electron chi connectivity index (χ1n) is 8.49. The van der Waals surface area contributed by atoms with Crippen LogP contribution in [0.4, 0.5) is 13.9 Å². The predicted octanol–water partition coefficient (Wildman–Crippen LogP) is 6.01. The molecule has 0 unspecified atom stereocenters. The fourth-order valence-electron chi connectivity index (χ4n) is 2.76. The van der Waals surface area contributed by atoms with E-state index in [-0.39, 0.29) is 11.4 Å². The lowest BCUT2D eigenvalue weighted by atomic mass is 10.1. The normalized spacial score (nSPS) is 10.6. The van der Waals surface area contributed by atoms with Gasteiger partial charge in [0.2, 0.25) is 0 Å². The summed E-state index contributed by atoms with van der Waals surface area (Å²) in [6.45, 7) is 0. The Morgan fingerprint density at radius 2 is 1.57 bits per heavy atom. The molecule has 0 aliphatic carbocycles. The van der Waals surface area contributed by atoms with Crippen molar-refractivity contribution >= 4 is 22.4 Å². The zero-order valence-corrected chi connectivity index (χ0v) is 15.3. The number of nitrogens with zero attached hydrogens (tertiary/aromatic N) is 1. The SMILES string of the molecule is O=C(Nc1nc(-c2ccc(F)cc2)c(-c2ccccc2)s1)c1cccc(F)c1. The van der Waals surface area contributed by atoms with Gasteiger partial charge in [-0.2, -0.15) is 0 Å². The first-order chi connectivity index (χ1) is 13.6. The average molecular weight is 392 g/mol. The molecule has 0 aliphatic rings. The molecular weight excluding hydrogens is 378 g/mol. The summed E-state index contributed by atoms with van der Waals surface area (Å²) in [7, 11) is 0. The van der Waals surface area contributed by atoms with Gasteiger partial charge in [-0.15, -0.1) is 0 Å². The highest BCUT2D eigenvalue weighted by atomic mass is 32.1. The smallest absolute Gasteiger partial charge is 0.257 e. The fourth-order valence-corrected chi connectivity index (χ4v) is 3.75. The number of hydrogen-bond donors (Lipinski definition) is 1. The highest BCUT2D eigenvalue weighted by molar-refractivity contribution is 7.19. The van der Waals surface area contributed by atoms with Gasteiger partial charge in [-0.3, -0.25) is 10.1 Å². The maximum Gasteiger partial charge on any atom is 0.257 e. The van der Waals surface area contributed by atoms with Crippen LogP contribution in [-0.2, 0) is 0 Å². The van der Waals surface area contributed by atoms with Crippen LogP contribution in [0.5, 0.6) is 0 Å². The third-order valence-electron chi connectivity index (χ3n) is 4.09. The van der Waals surface area contributed by atoms with Gasteiger partial charge in [0.15, 0.2) is 5.13 Å². The Morgan fingerprint density at radius 1 is 0.821 bits per heavy atom. The lowest BCUT2D eigenvalue weighted by molar-refractivity contribution is 0.102. The molecule has 1 amide bonds. The van der Waals surface area contributed by atoms with Crippen LogP contribution in [-0.4, -0.2) is 10.9 Å². The maximum atomic E-state index is 13.4. The second-order valence-electron chi connectivity index (χ2n) is 6.03. The molecule has 0 bridgehead atoms. The second kappa shape index (κ2) is 7.70. The number of hydrogen-bond acceptors (Lipinski definition) is 3. The van der Waals surface area contributed by atoms with E-state index in [2.05, 4.69) is 10.3 Å². The van der Waals surface area contributed by atoms with Crippen molar-refractivity contribution in [2.24, 2.45) is 0 Å². The summed E-state index contributed by atoms with van der Waals surface area (Å²) in [5, 5.41) is 3.11. The highest BCUT2D eigenvalue weighted by Crippen LogP contribution is 2.39. The maximum absolute atomic E-state index is 13.4. The zero-order chi connectivity index (χ0) is 19.5. The van der Waals surface area contributed by atoms with Crippen molar-refractivity contribution in [3.63, 3.8) is 0 Å². The predicted molar refractivity (Wildman–Crippen MR) is 107 cm³/mol. The Balaban J connectivity index is 1.73. The molecule has 0 atom stereocenters. The second-order valence-corrected chi connectivity index (χ2v) is 7.03. The summed E-state index contributed by atoms with van der Waals surface area (Å²) in [5.74, 6) is -1.26. The van der Waals surface area contributed by atoms with Crippen molar-refractivity contribution in [1.29, 1.82) is 0 Å². The number of thiazole rings is 1. The van der Waals surface area contributed by atoms with Crippen molar-refractivity contribution in [3.05, 3.63) is 96.1 Å². The first kappa shape index (κ1) is 18.0. The molecule has 4 aromatic rings. The van der Waals surface area contributed by atoms with Crippen LogP contribution in [0.25, 0.3) is 21.7 Å². The van der Waals surface area contributed by atoms with Gasteiger partial charge < -0.3 is 0 Å². The minimum atomic E-state index is -0.483. The topological polar surface area (TPSA) is 42.0 Å². The number of anilines is 1. The van der Waals surface area contributed by atoms with E-state index < -0.39 is 11.7 Å². The molecule has 6 heteroatoms. The Bertz CT molecular complexity index is 1130. The largest absolute Gasteiger partial charge is 0.298 e. The molecule has 1 aromatic heterocycles. The van der Waals surface area contributed by atoms with E-state index in [1.807, 2.05) is 30.3 Å². The van der Waals surface area contributed by atoms with E-state index in [4.69, 9.17) is 0 Å². The number of rotatable bonds is 4. The Morgan fingerprint density at radius 3 is 2.29 bits per heavy atom.